The maximum absolute atomic E-state index is 12.6. The van der Waals surface area contributed by atoms with E-state index >= 15 is 0 Å². The monoisotopic (exact) mass is 364 g/mol. The van der Waals surface area contributed by atoms with Crippen molar-refractivity contribution in [2.24, 2.45) is 0 Å². The van der Waals surface area contributed by atoms with Gasteiger partial charge in [-0.1, -0.05) is 15.9 Å². The molecule has 0 atom stereocenters. The molecule has 0 saturated carbocycles. The lowest BCUT2D eigenvalue weighted by molar-refractivity contribution is 0.305. The van der Waals surface area contributed by atoms with E-state index < -0.39 is 10.0 Å². The minimum absolute atomic E-state index is 0.160. The van der Waals surface area contributed by atoms with Gasteiger partial charge in [0.05, 0.1) is 6.33 Å². The smallest absolute Gasteiger partial charge is 0.262 e. The van der Waals surface area contributed by atoms with Crippen LogP contribution in [0.4, 0.5) is 0 Å². The molecule has 1 fully saturated rings. The van der Waals surface area contributed by atoms with E-state index in [1.54, 1.807) is 21.4 Å². The van der Waals surface area contributed by atoms with E-state index in [1.165, 1.54) is 0 Å². The van der Waals surface area contributed by atoms with Crippen molar-refractivity contribution in [1.82, 2.24) is 18.8 Å². The molecule has 2 rings (SSSR count). The van der Waals surface area contributed by atoms with Gasteiger partial charge in [0, 0.05) is 44.3 Å². The van der Waals surface area contributed by atoms with Gasteiger partial charge < -0.3 is 9.47 Å². The summed E-state index contributed by atoms with van der Waals surface area (Å²) >= 11 is 3.43. The molecule has 1 aliphatic rings. The highest BCUT2D eigenvalue weighted by Gasteiger charge is 2.28. The van der Waals surface area contributed by atoms with Crippen LogP contribution < -0.4 is 0 Å². The third kappa shape index (κ3) is 3.60. The SMILES string of the molecule is CCn1cnc(S(=O)(=O)N2CCCN(CCBr)CC2)c1. The normalized spacial score (nSPS) is 19.1. The molecule has 8 heteroatoms. The summed E-state index contributed by atoms with van der Waals surface area (Å²) in [5.41, 5.74) is 0. The molecule has 114 valence electrons. The highest BCUT2D eigenvalue weighted by atomic mass is 79.9. The Hall–Kier alpha value is -0.440. The van der Waals surface area contributed by atoms with Crippen molar-refractivity contribution < 1.29 is 8.42 Å². The first-order valence-corrected chi connectivity index (χ1v) is 9.44. The molecule has 2 heterocycles. The second kappa shape index (κ2) is 7.02. The van der Waals surface area contributed by atoms with Gasteiger partial charge in [-0.2, -0.15) is 4.31 Å². The van der Waals surface area contributed by atoms with Crippen LogP contribution in [0.1, 0.15) is 13.3 Å². The van der Waals surface area contributed by atoms with Crippen molar-refractivity contribution in [3.8, 4) is 0 Å². The molecule has 0 bridgehead atoms. The summed E-state index contributed by atoms with van der Waals surface area (Å²) in [6.07, 6.45) is 4.04. The van der Waals surface area contributed by atoms with Crippen LogP contribution in [0, 0.1) is 0 Å². The topological polar surface area (TPSA) is 58.4 Å². The van der Waals surface area contributed by atoms with E-state index in [0.717, 1.165) is 37.9 Å². The van der Waals surface area contributed by atoms with Gasteiger partial charge in [0.1, 0.15) is 0 Å². The molecule has 1 aromatic rings. The molecule has 0 aromatic carbocycles. The summed E-state index contributed by atoms with van der Waals surface area (Å²) in [6.45, 7) is 6.47. The van der Waals surface area contributed by atoms with E-state index in [2.05, 4.69) is 25.8 Å². The third-order valence-electron chi connectivity index (χ3n) is 3.53. The summed E-state index contributed by atoms with van der Waals surface area (Å²) < 4.78 is 28.5. The van der Waals surface area contributed by atoms with Crippen molar-refractivity contribution in [1.29, 1.82) is 0 Å². The first kappa shape index (κ1) is 15.9. The summed E-state index contributed by atoms with van der Waals surface area (Å²) in [4.78, 5) is 6.32. The van der Waals surface area contributed by atoms with E-state index in [-0.39, 0.29) is 5.03 Å². The van der Waals surface area contributed by atoms with E-state index in [0.29, 0.717) is 13.1 Å². The first-order chi connectivity index (χ1) is 9.57. The molecule has 0 amide bonds. The van der Waals surface area contributed by atoms with Crippen LogP contribution in [0.25, 0.3) is 0 Å². The number of imidazole rings is 1. The van der Waals surface area contributed by atoms with E-state index in [1.807, 2.05) is 6.92 Å². The number of hydrogen-bond acceptors (Lipinski definition) is 4. The zero-order valence-corrected chi connectivity index (χ0v) is 14.1. The van der Waals surface area contributed by atoms with Crippen LogP contribution in [0.2, 0.25) is 0 Å². The molecule has 0 unspecified atom stereocenters. The van der Waals surface area contributed by atoms with Crippen molar-refractivity contribution in [3.63, 3.8) is 0 Å². The summed E-state index contributed by atoms with van der Waals surface area (Å²) in [7, 11) is -3.45. The number of rotatable bonds is 5. The van der Waals surface area contributed by atoms with Gasteiger partial charge in [0.25, 0.3) is 10.0 Å². The standard InChI is InChI=1S/C12H21BrN4O2S/c1-2-15-10-12(14-11-15)20(18,19)17-6-3-5-16(7-4-13)8-9-17/h10-11H,2-9H2,1H3. The second-order valence-electron chi connectivity index (χ2n) is 4.83. The molecule has 1 aliphatic heterocycles. The summed E-state index contributed by atoms with van der Waals surface area (Å²) in [5, 5.41) is 1.08. The number of aromatic nitrogens is 2. The molecular weight excluding hydrogens is 344 g/mol. The predicted molar refractivity (Wildman–Crippen MR) is 81.5 cm³/mol. The van der Waals surface area contributed by atoms with E-state index in [4.69, 9.17) is 0 Å². The number of sulfonamides is 1. The van der Waals surface area contributed by atoms with Crippen molar-refractivity contribution >= 4 is 26.0 Å². The van der Waals surface area contributed by atoms with E-state index in [9.17, 15) is 8.42 Å². The first-order valence-electron chi connectivity index (χ1n) is 6.88. The number of halogens is 1. The van der Waals surface area contributed by atoms with Crippen molar-refractivity contribution in [2.75, 3.05) is 38.1 Å². The Morgan fingerprint density at radius 3 is 2.75 bits per heavy atom. The van der Waals surface area contributed by atoms with Gasteiger partial charge in [0.15, 0.2) is 5.03 Å². The molecule has 6 nitrogen and oxygen atoms in total. The summed E-state index contributed by atoms with van der Waals surface area (Å²) in [6, 6.07) is 0. The molecule has 1 saturated heterocycles. The van der Waals surface area contributed by atoms with Crippen LogP contribution in [0.5, 0.6) is 0 Å². The van der Waals surface area contributed by atoms with Crippen molar-refractivity contribution in [3.05, 3.63) is 12.5 Å². The quantitative estimate of drug-likeness (QED) is 0.731. The Morgan fingerprint density at radius 1 is 1.30 bits per heavy atom. The largest absolute Gasteiger partial charge is 0.336 e. The van der Waals surface area contributed by atoms with Gasteiger partial charge >= 0.3 is 0 Å². The maximum Gasteiger partial charge on any atom is 0.262 e. The van der Waals surface area contributed by atoms with Gasteiger partial charge in [-0.15, -0.1) is 0 Å². The minimum Gasteiger partial charge on any atom is -0.336 e. The van der Waals surface area contributed by atoms with Crippen molar-refractivity contribution in [2.45, 2.75) is 24.9 Å². The molecule has 0 aliphatic carbocycles. The van der Waals surface area contributed by atoms with Gasteiger partial charge in [0.2, 0.25) is 0 Å². The Morgan fingerprint density at radius 2 is 2.10 bits per heavy atom. The molecular formula is C12H21BrN4O2S. The zero-order valence-electron chi connectivity index (χ0n) is 11.7. The van der Waals surface area contributed by atoms with Gasteiger partial charge in [-0.25, -0.2) is 13.4 Å². The maximum atomic E-state index is 12.6. The second-order valence-corrected chi connectivity index (χ2v) is 7.51. The fraction of sp³-hybridized carbons (Fsp3) is 0.750. The van der Waals surface area contributed by atoms with Crippen LogP contribution in [-0.2, 0) is 16.6 Å². The molecule has 0 radical (unpaired) electrons. The zero-order chi connectivity index (χ0) is 14.6. The fourth-order valence-electron chi connectivity index (χ4n) is 2.31. The number of aryl methyl sites for hydroxylation is 1. The third-order valence-corrected chi connectivity index (χ3v) is 5.67. The lowest BCUT2D eigenvalue weighted by Gasteiger charge is -2.20. The van der Waals surface area contributed by atoms with Crippen LogP contribution in [0.3, 0.4) is 0 Å². The van der Waals surface area contributed by atoms with Gasteiger partial charge in [-0.05, 0) is 19.9 Å². The highest BCUT2D eigenvalue weighted by Crippen LogP contribution is 2.16. The Balaban J connectivity index is 2.09. The van der Waals surface area contributed by atoms with Crippen LogP contribution in [0.15, 0.2) is 17.6 Å². The molecule has 0 N–H and O–H groups in total. The Kier molecular flexibility index (Phi) is 5.59. The minimum atomic E-state index is -3.45. The number of nitrogens with zero attached hydrogens (tertiary/aromatic N) is 4. The van der Waals surface area contributed by atoms with Gasteiger partial charge in [-0.3, -0.25) is 0 Å². The van der Waals surface area contributed by atoms with Crippen LogP contribution in [-0.4, -0.2) is 65.2 Å². The molecule has 20 heavy (non-hydrogen) atoms. The lowest BCUT2D eigenvalue weighted by atomic mass is 10.4. The predicted octanol–water partition coefficient (Wildman–Crippen LogP) is 0.994. The highest BCUT2D eigenvalue weighted by molar-refractivity contribution is 9.09. The number of hydrogen-bond donors (Lipinski definition) is 0. The summed E-state index contributed by atoms with van der Waals surface area (Å²) in [5.74, 6) is 0. The average molecular weight is 365 g/mol. The fourth-order valence-corrected chi connectivity index (χ4v) is 4.22. The molecule has 0 spiro atoms. The average Bonchev–Trinajstić information content (AvgIpc) is 2.80. The molecule has 1 aromatic heterocycles. The number of alkyl halides is 1. The Labute approximate surface area is 128 Å². The lowest BCUT2D eigenvalue weighted by Crippen LogP contribution is -2.35. The Bertz CT molecular complexity index is 531. The van der Waals surface area contributed by atoms with Crippen LogP contribution >= 0.6 is 15.9 Å².